The molecule has 2 atom stereocenters. The highest BCUT2D eigenvalue weighted by atomic mass is 16.2. The zero-order chi connectivity index (χ0) is 22.5. The fourth-order valence-corrected chi connectivity index (χ4v) is 5.32. The molecule has 10 heteroatoms. The van der Waals surface area contributed by atoms with E-state index >= 15 is 0 Å². The first-order chi connectivity index (χ1) is 16.1. The molecule has 0 spiro atoms. The standard InChI is InChI=1S/C23H27N7O3/c31-20-6-5-19(22(32)25-20)29-12-15-3-4-16(11-17(15)23(29)33)30-13-18(26-27-30)21(14-1-2-14)28-9-7-24-8-10-28/h3-4,11,13-14,19,21,24H,1-2,5-10,12H2,(H,25,31,32). The zero-order valence-electron chi connectivity index (χ0n) is 18.4. The van der Waals surface area contributed by atoms with Gasteiger partial charge in [-0.1, -0.05) is 11.3 Å². The van der Waals surface area contributed by atoms with Crippen molar-refractivity contribution in [3.8, 4) is 5.69 Å². The van der Waals surface area contributed by atoms with Crippen molar-refractivity contribution in [3.63, 3.8) is 0 Å². The van der Waals surface area contributed by atoms with Crippen LogP contribution in [0.5, 0.6) is 0 Å². The van der Waals surface area contributed by atoms with E-state index in [0.717, 1.165) is 43.1 Å². The molecule has 33 heavy (non-hydrogen) atoms. The highest BCUT2D eigenvalue weighted by Crippen LogP contribution is 2.44. The molecule has 1 aromatic heterocycles. The largest absolute Gasteiger partial charge is 0.322 e. The Bertz CT molecular complexity index is 1120. The maximum atomic E-state index is 13.1. The van der Waals surface area contributed by atoms with Gasteiger partial charge in [0.05, 0.1) is 17.9 Å². The highest BCUT2D eigenvalue weighted by molar-refractivity contribution is 6.05. The minimum atomic E-state index is -0.609. The molecule has 0 bridgehead atoms. The second-order valence-corrected chi connectivity index (χ2v) is 9.40. The molecule has 2 unspecified atom stereocenters. The van der Waals surface area contributed by atoms with Crippen LogP contribution in [0.15, 0.2) is 24.4 Å². The third kappa shape index (κ3) is 3.72. The van der Waals surface area contributed by atoms with E-state index < -0.39 is 11.9 Å². The van der Waals surface area contributed by atoms with E-state index in [1.807, 2.05) is 24.4 Å². The molecule has 3 aliphatic heterocycles. The van der Waals surface area contributed by atoms with Crippen molar-refractivity contribution in [1.82, 2.24) is 35.4 Å². The molecule has 10 nitrogen and oxygen atoms in total. The van der Waals surface area contributed by atoms with Crippen LogP contribution < -0.4 is 10.6 Å². The van der Waals surface area contributed by atoms with Crippen LogP contribution in [0.3, 0.4) is 0 Å². The number of piperazine rings is 1. The van der Waals surface area contributed by atoms with Gasteiger partial charge in [0.1, 0.15) is 11.7 Å². The summed E-state index contributed by atoms with van der Waals surface area (Å²) < 4.78 is 1.75. The fourth-order valence-electron chi connectivity index (χ4n) is 5.32. The molecule has 2 N–H and O–H groups in total. The Kier molecular flexibility index (Phi) is 4.99. The molecule has 1 aliphatic carbocycles. The van der Waals surface area contributed by atoms with Gasteiger partial charge in [0, 0.05) is 44.7 Å². The molecule has 3 amide bonds. The summed E-state index contributed by atoms with van der Waals surface area (Å²) in [6.07, 6.45) is 5.05. The molecular weight excluding hydrogens is 422 g/mol. The lowest BCUT2D eigenvalue weighted by Crippen LogP contribution is -2.52. The van der Waals surface area contributed by atoms with Gasteiger partial charge in [-0.2, -0.15) is 0 Å². The lowest BCUT2D eigenvalue weighted by atomic mass is 10.0. The molecule has 3 fully saturated rings. The van der Waals surface area contributed by atoms with Gasteiger partial charge in [0.2, 0.25) is 11.8 Å². The monoisotopic (exact) mass is 449 g/mol. The number of aromatic nitrogens is 3. The number of carbonyl (C=O) groups excluding carboxylic acids is 3. The molecule has 1 saturated carbocycles. The summed E-state index contributed by atoms with van der Waals surface area (Å²) in [7, 11) is 0. The molecule has 172 valence electrons. The number of rotatable bonds is 5. The Hall–Kier alpha value is -3.11. The summed E-state index contributed by atoms with van der Waals surface area (Å²) in [5.74, 6) is -0.224. The molecule has 2 saturated heterocycles. The van der Waals surface area contributed by atoms with Crippen LogP contribution in [0.1, 0.15) is 53.3 Å². The summed E-state index contributed by atoms with van der Waals surface area (Å²) in [6.45, 7) is 4.38. The third-order valence-electron chi connectivity index (χ3n) is 7.20. The van der Waals surface area contributed by atoms with Gasteiger partial charge in [0.15, 0.2) is 0 Å². The molecule has 0 radical (unpaired) electrons. The maximum Gasteiger partial charge on any atom is 0.255 e. The number of piperidine rings is 1. The van der Waals surface area contributed by atoms with Crippen molar-refractivity contribution in [1.29, 1.82) is 0 Å². The van der Waals surface area contributed by atoms with Gasteiger partial charge >= 0.3 is 0 Å². The number of nitrogens with one attached hydrogen (secondary N) is 2. The average molecular weight is 450 g/mol. The number of imide groups is 1. The van der Waals surface area contributed by atoms with E-state index in [4.69, 9.17) is 0 Å². The molecule has 2 aromatic rings. The van der Waals surface area contributed by atoms with Crippen LogP contribution in [0, 0.1) is 5.92 Å². The fraction of sp³-hybridized carbons (Fsp3) is 0.522. The molecule has 6 rings (SSSR count). The first-order valence-corrected chi connectivity index (χ1v) is 11.7. The number of nitrogens with zero attached hydrogens (tertiary/aromatic N) is 5. The normalized spacial score (nSPS) is 24.7. The van der Waals surface area contributed by atoms with E-state index in [-0.39, 0.29) is 18.2 Å². The van der Waals surface area contributed by atoms with Crippen LogP contribution in [0.2, 0.25) is 0 Å². The van der Waals surface area contributed by atoms with Crippen molar-refractivity contribution < 1.29 is 14.4 Å². The zero-order valence-corrected chi connectivity index (χ0v) is 18.4. The van der Waals surface area contributed by atoms with Gasteiger partial charge < -0.3 is 10.2 Å². The summed E-state index contributed by atoms with van der Waals surface area (Å²) in [6, 6.07) is 5.38. The van der Waals surface area contributed by atoms with Crippen LogP contribution in [0.25, 0.3) is 5.69 Å². The van der Waals surface area contributed by atoms with Crippen molar-refractivity contribution in [2.24, 2.45) is 5.92 Å². The third-order valence-corrected chi connectivity index (χ3v) is 7.20. The van der Waals surface area contributed by atoms with E-state index in [2.05, 4.69) is 25.8 Å². The van der Waals surface area contributed by atoms with Crippen LogP contribution in [-0.2, 0) is 16.1 Å². The summed E-state index contributed by atoms with van der Waals surface area (Å²) in [5.41, 5.74) is 3.22. The topological polar surface area (TPSA) is 112 Å². The van der Waals surface area contributed by atoms with Gasteiger partial charge in [-0.3, -0.25) is 24.6 Å². The highest BCUT2D eigenvalue weighted by Gasteiger charge is 2.40. The lowest BCUT2D eigenvalue weighted by molar-refractivity contribution is -0.136. The van der Waals surface area contributed by atoms with Crippen LogP contribution in [-0.4, -0.2) is 74.7 Å². The summed E-state index contributed by atoms with van der Waals surface area (Å²) in [4.78, 5) is 41.0. The number of carbonyl (C=O) groups is 3. The minimum Gasteiger partial charge on any atom is -0.322 e. The van der Waals surface area contributed by atoms with Gasteiger partial charge in [-0.25, -0.2) is 4.68 Å². The molecule has 1 aromatic carbocycles. The number of benzene rings is 1. The average Bonchev–Trinajstić information content (AvgIpc) is 3.44. The second kappa shape index (κ2) is 8.03. The Morgan fingerprint density at radius 1 is 1.06 bits per heavy atom. The Morgan fingerprint density at radius 3 is 2.64 bits per heavy atom. The second-order valence-electron chi connectivity index (χ2n) is 9.40. The van der Waals surface area contributed by atoms with Gasteiger partial charge in [-0.15, -0.1) is 5.10 Å². The van der Waals surface area contributed by atoms with Crippen molar-refractivity contribution >= 4 is 17.7 Å². The smallest absolute Gasteiger partial charge is 0.255 e. The Balaban J connectivity index is 1.23. The first kappa shape index (κ1) is 20.5. The number of hydrogen-bond acceptors (Lipinski definition) is 7. The number of hydrogen-bond donors (Lipinski definition) is 2. The quantitative estimate of drug-likeness (QED) is 0.635. The summed E-state index contributed by atoms with van der Waals surface area (Å²) in [5, 5.41) is 14.7. The Labute approximate surface area is 191 Å². The predicted octanol–water partition coefficient (Wildman–Crippen LogP) is 0.385. The van der Waals surface area contributed by atoms with E-state index in [1.54, 1.807) is 9.58 Å². The number of fused-ring (bicyclic) bond motifs is 1. The minimum absolute atomic E-state index is 0.182. The number of amides is 3. The molecular formula is C23H27N7O3. The SMILES string of the molecule is O=C1CCC(N2Cc3ccc(-n4cc(C(C5CC5)N5CCNCC5)nn4)cc3C2=O)C(=O)N1. The van der Waals surface area contributed by atoms with Crippen LogP contribution >= 0.6 is 0 Å². The van der Waals surface area contributed by atoms with Crippen molar-refractivity contribution in [2.45, 2.75) is 44.3 Å². The van der Waals surface area contributed by atoms with Crippen LogP contribution in [0.4, 0.5) is 0 Å². The molecule has 4 heterocycles. The lowest BCUT2D eigenvalue weighted by Gasteiger charge is -2.33. The van der Waals surface area contributed by atoms with Crippen molar-refractivity contribution in [2.75, 3.05) is 26.2 Å². The predicted molar refractivity (Wildman–Crippen MR) is 117 cm³/mol. The van der Waals surface area contributed by atoms with E-state index in [9.17, 15) is 14.4 Å². The van der Waals surface area contributed by atoms with Gasteiger partial charge in [0.25, 0.3) is 5.91 Å². The van der Waals surface area contributed by atoms with E-state index in [1.165, 1.54) is 12.8 Å². The van der Waals surface area contributed by atoms with E-state index in [0.29, 0.717) is 30.5 Å². The Morgan fingerprint density at radius 2 is 1.88 bits per heavy atom. The maximum absolute atomic E-state index is 13.1. The first-order valence-electron chi connectivity index (χ1n) is 11.7. The van der Waals surface area contributed by atoms with Crippen molar-refractivity contribution in [3.05, 3.63) is 41.2 Å². The van der Waals surface area contributed by atoms with Gasteiger partial charge in [-0.05, 0) is 42.9 Å². The summed E-state index contributed by atoms with van der Waals surface area (Å²) >= 11 is 0. The molecule has 4 aliphatic rings.